The van der Waals surface area contributed by atoms with Gasteiger partial charge in [0, 0.05) is 13.1 Å². The third-order valence-corrected chi connectivity index (χ3v) is 2.38. The second-order valence-corrected chi connectivity index (χ2v) is 4.05. The Morgan fingerprint density at radius 2 is 2.20 bits per heavy atom. The number of ether oxygens (including phenoxy) is 1. The quantitative estimate of drug-likeness (QED) is 0.814. The summed E-state index contributed by atoms with van der Waals surface area (Å²) < 4.78 is 5.67. The predicted molar refractivity (Wildman–Crippen MR) is 63.1 cm³/mol. The third kappa shape index (κ3) is 2.60. The lowest BCUT2D eigenvalue weighted by Gasteiger charge is -2.11. The van der Waals surface area contributed by atoms with Gasteiger partial charge in [-0.05, 0) is 37.1 Å². The molecule has 1 aliphatic heterocycles. The molecule has 1 aromatic carbocycles. The van der Waals surface area contributed by atoms with Crippen LogP contribution in [0.4, 0.5) is 0 Å². The lowest BCUT2D eigenvalue weighted by atomic mass is 10.1. The van der Waals surface area contributed by atoms with E-state index in [1.165, 1.54) is 11.1 Å². The number of hydrogen-bond donors (Lipinski definition) is 1. The Kier molecular flexibility index (Phi) is 3.07. The molecule has 0 aromatic heterocycles. The van der Waals surface area contributed by atoms with E-state index in [1.54, 1.807) is 0 Å². The van der Waals surface area contributed by atoms with Crippen molar-refractivity contribution in [3.8, 4) is 5.75 Å². The van der Waals surface area contributed by atoms with Gasteiger partial charge in [0.2, 0.25) is 0 Å². The van der Waals surface area contributed by atoms with Gasteiger partial charge in [-0.1, -0.05) is 18.2 Å². The zero-order chi connectivity index (χ0) is 10.7. The van der Waals surface area contributed by atoms with E-state index in [9.17, 15) is 0 Å². The fourth-order valence-electron chi connectivity index (χ4n) is 1.74. The first-order chi connectivity index (χ1) is 7.25. The molecule has 1 N–H and O–H groups in total. The smallest absolute Gasteiger partial charge is 0.120 e. The van der Waals surface area contributed by atoms with E-state index < -0.39 is 0 Å². The van der Waals surface area contributed by atoms with Crippen molar-refractivity contribution in [2.75, 3.05) is 13.1 Å². The number of rotatable bonds is 3. The third-order valence-electron chi connectivity index (χ3n) is 2.38. The van der Waals surface area contributed by atoms with E-state index in [4.69, 9.17) is 4.74 Å². The minimum Gasteiger partial charge on any atom is -0.491 e. The molecule has 0 bridgehead atoms. The molecule has 0 saturated carbocycles. The average Bonchev–Trinajstić information content (AvgIpc) is 2.69. The van der Waals surface area contributed by atoms with E-state index in [-0.39, 0.29) is 6.10 Å². The zero-order valence-corrected chi connectivity index (χ0v) is 9.29. The van der Waals surface area contributed by atoms with Crippen molar-refractivity contribution in [2.24, 2.45) is 0 Å². The molecule has 0 radical (unpaired) electrons. The van der Waals surface area contributed by atoms with E-state index in [2.05, 4.69) is 23.5 Å². The molecule has 2 heteroatoms. The highest BCUT2D eigenvalue weighted by Crippen LogP contribution is 2.22. The standard InChI is InChI=1S/C13H17NO/c1-10(2)15-13-5-3-4-11(8-13)12-6-7-14-9-12/h3-6,8,10,14H,7,9H2,1-2H3. The second-order valence-electron chi connectivity index (χ2n) is 4.05. The summed E-state index contributed by atoms with van der Waals surface area (Å²) in [5.41, 5.74) is 2.63. The predicted octanol–water partition coefficient (Wildman–Crippen LogP) is 2.46. The van der Waals surface area contributed by atoms with Crippen molar-refractivity contribution in [2.45, 2.75) is 20.0 Å². The topological polar surface area (TPSA) is 21.3 Å². The summed E-state index contributed by atoms with van der Waals surface area (Å²) >= 11 is 0. The van der Waals surface area contributed by atoms with Gasteiger partial charge >= 0.3 is 0 Å². The lowest BCUT2D eigenvalue weighted by molar-refractivity contribution is 0.242. The van der Waals surface area contributed by atoms with Crippen LogP contribution in [0.2, 0.25) is 0 Å². The van der Waals surface area contributed by atoms with Crippen LogP contribution in [0.25, 0.3) is 5.57 Å². The molecular formula is C13H17NO. The van der Waals surface area contributed by atoms with Crippen molar-refractivity contribution in [1.82, 2.24) is 5.32 Å². The van der Waals surface area contributed by atoms with E-state index in [1.807, 2.05) is 26.0 Å². The molecule has 80 valence electrons. The summed E-state index contributed by atoms with van der Waals surface area (Å²) in [6, 6.07) is 8.30. The molecule has 1 aromatic rings. The fourth-order valence-corrected chi connectivity index (χ4v) is 1.74. The molecule has 1 heterocycles. The molecule has 0 aliphatic carbocycles. The highest BCUT2D eigenvalue weighted by Gasteiger charge is 2.07. The van der Waals surface area contributed by atoms with Crippen LogP contribution in [0.15, 0.2) is 30.3 Å². The highest BCUT2D eigenvalue weighted by atomic mass is 16.5. The fraction of sp³-hybridized carbons (Fsp3) is 0.385. The second kappa shape index (κ2) is 4.49. The van der Waals surface area contributed by atoms with Crippen LogP contribution < -0.4 is 10.1 Å². The van der Waals surface area contributed by atoms with Gasteiger partial charge in [0.25, 0.3) is 0 Å². The van der Waals surface area contributed by atoms with Gasteiger partial charge in [0.1, 0.15) is 5.75 Å². The van der Waals surface area contributed by atoms with Gasteiger partial charge in [-0.25, -0.2) is 0 Å². The summed E-state index contributed by atoms with van der Waals surface area (Å²) in [4.78, 5) is 0. The molecule has 0 amide bonds. The Balaban J connectivity index is 2.18. The van der Waals surface area contributed by atoms with E-state index in [0.29, 0.717) is 0 Å². The lowest BCUT2D eigenvalue weighted by Crippen LogP contribution is -2.08. The Hall–Kier alpha value is -1.28. The van der Waals surface area contributed by atoms with Crippen molar-refractivity contribution >= 4 is 5.57 Å². The van der Waals surface area contributed by atoms with Gasteiger partial charge in [0.15, 0.2) is 0 Å². The molecule has 0 fully saturated rings. The van der Waals surface area contributed by atoms with Gasteiger partial charge in [-0.3, -0.25) is 0 Å². The number of benzene rings is 1. The van der Waals surface area contributed by atoms with E-state index >= 15 is 0 Å². The van der Waals surface area contributed by atoms with Gasteiger partial charge in [-0.2, -0.15) is 0 Å². The number of nitrogens with one attached hydrogen (secondary N) is 1. The molecule has 2 rings (SSSR count). The first-order valence-corrected chi connectivity index (χ1v) is 5.42. The molecule has 0 saturated heterocycles. The van der Waals surface area contributed by atoms with Gasteiger partial charge in [0.05, 0.1) is 6.10 Å². The van der Waals surface area contributed by atoms with Crippen LogP contribution >= 0.6 is 0 Å². The number of hydrogen-bond acceptors (Lipinski definition) is 2. The molecule has 0 atom stereocenters. The minimum absolute atomic E-state index is 0.232. The van der Waals surface area contributed by atoms with Crippen LogP contribution in [0.3, 0.4) is 0 Å². The SMILES string of the molecule is CC(C)Oc1cccc(C2=CCNC2)c1. The Bertz CT molecular complexity index is 369. The summed E-state index contributed by atoms with van der Waals surface area (Å²) in [6.07, 6.45) is 2.46. The summed E-state index contributed by atoms with van der Waals surface area (Å²) in [7, 11) is 0. The van der Waals surface area contributed by atoms with Crippen LogP contribution in [-0.4, -0.2) is 19.2 Å². The molecule has 0 unspecified atom stereocenters. The van der Waals surface area contributed by atoms with Crippen LogP contribution in [0.5, 0.6) is 5.75 Å². The molecule has 15 heavy (non-hydrogen) atoms. The maximum Gasteiger partial charge on any atom is 0.120 e. The Morgan fingerprint density at radius 1 is 1.33 bits per heavy atom. The van der Waals surface area contributed by atoms with Gasteiger partial charge < -0.3 is 10.1 Å². The first kappa shape index (κ1) is 10.2. The van der Waals surface area contributed by atoms with Crippen molar-refractivity contribution < 1.29 is 4.74 Å². The first-order valence-electron chi connectivity index (χ1n) is 5.42. The van der Waals surface area contributed by atoms with Crippen LogP contribution in [0.1, 0.15) is 19.4 Å². The normalized spacial score (nSPS) is 15.5. The van der Waals surface area contributed by atoms with Crippen molar-refractivity contribution in [3.05, 3.63) is 35.9 Å². The highest BCUT2D eigenvalue weighted by molar-refractivity contribution is 5.69. The monoisotopic (exact) mass is 203 g/mol. The van der Waals surface area contributed by atoms with Gasteiger partial charge in [-0.15, -0.1) is 0 Å². The average molecular weight is 203 g/mol. The summed E-state index contributed by atoms with van der Waals surface area (Å²) in [5.74, 6) is 0.954. The zero-order valence-electron chi connectivity index (χ0n) is 9.29. The van der Waals surface area contributed by atoms with Crippen LogP contribution in [0, 0.1) is 0 Å². The van der Waals surface area contributed by atoms with Crippen molar-refractivity contribution in [1.29, 1.82) is 0 Å². The Morgan fingerprint density at radius 3 is 2.87 bits per heavy atom. The Labute approximate surface area is 91.0 Å². The van der Waals surface area contributed by atoms with Crippen molar-refractivity contribution in [3.63, 3.8) is 0 Å². The van der Waals surface area contributed by atoms with E-state index in [0.717, 1.165) is 18.8 Å². The largest absolute Gasteiger partial charge is 0.491 e. The molecule has 1 aliphatic rings. The maximum absolute atomic E-state index is 5.67. The summed E-state index contributed by atoms with van der Waals surface area (Å²) in [5, 5.41) is 3.30. The van der Waals surface area contributed by atoms with Crippen LogP contribution in [-0.2, 0) is 0 Å². The maximum atomic E-state index is 5.67. The molecular weight excluding hydrogens is 186 g/mol. The summed E-state index contributed by atoms with van der Waals surface area (Å²) in [6.45, 7) is 6.03. The molecule has 2 nitrogen and oxygen atoms in total. The minimum atomic E-state index is 0.232. The molecule has 0 spiro atoms.